The molecule has 1 saturated heterocycles. The highest BCUT2D eigenvalue weighted by Gasteiger charge is 2.59. The minimum absolute atomic E-state index is 0.228. The fourth-order valence-electron chi connectivity index (χ4n) is 1.16. The Kier molecular flexibility index (Phi) is 2.42. The zero-order valence-electron chi connectivity index (χ0n) is 8.09. The predicted octanol–water partition coefficient (Wildman–Crippen LogP) is 1.36. The summed E-state index contributed by atoms with van der Waals surface area (Å²) in [7, 11) is 0. The van der Waals surface area contributed by atoms with E-state index in [-0.39, 0.29) is 17.7 Å². The van der Waals surface area contributed by atoms with E-state index in [0.29, 0.717) is 12.5 Å². The van der Waals surface area contributed by atoms with Crippen molar-refractivity contribution in [3.05, 3.63) is 0 Å². The van der Waals surface area contributed by atoms with Crippen LogP contribution in [-0.2, 0) is 14.3 Å². The topological polar surface area (TPSA) is 38.8 Å². The average molecular weight is 172 g/mol. The summed E-state index contributed by atoms with van der Waals surface area (Å²) >= 11 is 0. The van der Waals surface area contributed by atoms with Crippen LogP contribution in [0.2, 0.25) is 0 Å². The lowest BCUT2D eigenvalue weighted by Gasteiger charge is -2.09. The fraction of sp³-hybridized carbons (Fsp3) is 0.889. The maximum absolute atomic E-state index is 11.2. The highest BCUT2D eigenvalue weighted by molar-refractivity contribution is 5.79. The molecule has 1 aliphatic rings. The number of hydrogen-bond donors (Lipinski definition) is 0. The summed E-state index contributed by atoms with van der Waals surface area (Å²) < 4.78 is 10.2. The van der Waals surface area contributed by atoms with Crippen LogP contribution in [0.4, 0.5) is 0 Å². The van der Waals surface area contributed by atoms with Gasteiger partial charge in [0.25, 0.3) is 0 Å². The normalized spacial score (nSPS) is 33.6. The van der Waals surface area contributed by atoms with Crippen molar-refractivity contribution in [1.29, 1.82) is 0 Å². The summed E-state index contributed by atoms with van der Waals surface area (Å²) in [6, 6.07) is 0. The first kappa shape index (κ1) is 9.52. The van der Waals surface area contributed by atoms with Gasteiger partial charge in [-0.3, -0.25) is 0 Å². The molecule has 0 N–H and O–H groups in total. The fourth-order valence-corrected chi connectivity index (χ4v) is 1.16. The number of hydrogen-bond acceptors (Lipinski definition) is 3. The smallest absolute Gasteiger partial charge is 0.338 e. The van der Waals surface area contributed by atoms with Crippen molar-refractivity contribution in [2.75, 3.05) is 6.61 Å². The minimum Gasteiger partial charge on any atom is -0.464 e. The molecule has 0 spiro atoms. The van der Waals surface area contributed by atoms with E-state index in [2.05, 4.69) is 0 Å². The molecule has 0 aliphatic carbocycles. The van der Waals surface area contributed by atoms with Gasteiger partial charge in [0.1, 0.15) is 5.60 Å². The molecule has 2 atom stereocenters. The molecule has 3 heteroatoms. The third-order valence-corrected chi connectivity index (χ3v) is 2.48. The molecule has 12 heavy (non-hydrogen) atoms. The second-order valence-electron chi connectivity index (χ2n) is 3.59. The zero-order valence-corrected chi connectivity index (χ0v) is 8.09. The van der Waals surface area contributed by atoms with Crippen LogP contribution < -0.4 is 0 Å². The van der Waals surface area contributed by atoms with Crippen LogP contribution in [0.3, 0.4) is 0 Å². The van der Waals surface area contributed by atoms with Gasteiger partial charge < -0.3 is 9.47 Å². The third kappa shape index (κ3) is 1.46. The molecule has 0 saturated carbocycles. The van der Waals surface area contributed by atoms with Gasteiger partial charge in [-0.15, -0.1) is 0 Å². The molecule has 70 valence electrons. The Morgan fingerprint density at radius 2 is 2.25 bits per heavy atom. The van der Waals surface area contributed by atoms with E-state index in [1.165, 1.54) is 0 Å². The average Bonchev–Trinajstić information content (AvgIpc) is 2.65. The SMILES string of the molecule is CCOC(=O)[C@@H]1O[C@@]1(C)C(C)C. The van der Waals surface area contributed by atoms with E-state index in [0.717, 1.165) is 0 Å². The molecule has 1 heterocycles. The van der Waals surface area contributed by atoms with Crippen LogP contribution in [0.15, 0.2) is 0 Å². The number of rotatable bonds is 3. The van der Waals surface area contributed by atoms with Crippen LogP contribution in [0.25, 0.3) is 0 Å². The zero-order chi connectivity index (χ0) is 9.35. The highest BCUT2D eigenvalue weighted by atomic mass is 16.7. The van der Waals surface area contributed by atoms with Crippen molar-refractivity contribution >= 4 is 5.97 Å². The second kappa shape index (κ2) is 3.05. The molecule has 0 aromatic heterocycles. The Morgan fingerprint density at radius 3 is 2.58 bits per heavy atom. The van der Waals surface area contributed by atoms with Gasteiger partial charge >= 0.3 is 5.97 Å². The Labute approximate surface area is 73.0 Å². The van der Waals surface area contributed by atoms with E-state index >= 15 is 0 Å². The minimum atomic E-state index is -0.336. The molecular weight excluding hydrogens is 156 g/mol. The van der Waals surface area contributed by atoms with Crippen molar-refractivity contribution in [3.8, 4) is 0 Å². The van der Waals surface area contributed by atoms with E-state index in [1.54, 1.807) is 6.92 Å². The van der Waals surface area contributed by atoms with Crippen LogP contribution in [0.1, 0.15) is 27.7 Å². The first-order chi connectivity index (χ1) is 5.52. The van der Waals surface area contributed by atoms with Gasteiger partial charge in [0.05, 0.1) is 6.61 Å². The Morgan fingerprint density at radius 1 is 1.67 bits per heavy atom. The lowest BCUT2D eigenvalue weighted by atomic mass is 9.94. The molecule has 0 aromatic rings. The van der Waals surface area contributed by atoms with Crippen molar-refractivity contribution < 1.29 is 14.3 Å². The van der Waals surface area contributed by atoms with Crippen LogP contribution >= 0.6 is 0 Å². The number of esters is 1. The summed E-state index contributed by atoms with van der Waals surface area (Å²) in [5, 5.41) is 0. The van der Waals surface area contributed by atoms with Crippen molar-refractivity contribution in [2.24, 2.45) is 5.92 Å². The third-order valence-electron chi connectivity index (χ3n) is 2.48. The molecule has 1 rings (SSSR count). The standard InChI is InChI=1S/C9H16O3/c1-5-11-8(10)7-9(4,12-7)6(2)3/h6-7H,5H2,1-4H3/t7-,9-/m0/s1. The Bertz CT molecular complexity index is 188. The number of carbonyl (C=O) groups excluding carboxylic acids is 1. The molecule has 1 aliphatic heterocycles. The van der Waals surface area contributed by atoms with Crippen molar-refractivity contribution in [1.82, 2.24) is 0 Å². The predicted molar refractivity (Wildman–Crippen MR) is 44.7 cm³/mol. The Balaban J connectivity index is 2.45. The van der Waals surface area contributed by atoms with E-state index in [4.69, 9.17) is 9.47 Å². The van der Waals surface area contributed by atoms with Crippen LogP contribution in [0, 0.1) is 5.92 Å². The number of epoxide rings is 1. The van der Waals surface area contributed by atoms with Gasteiger partial charge in [-0.1, -0.05) is 13.8 Å². The van der Waals surface area contributed by atoms with Crippen molar-refractivity contribution in [2.45, 2.75) is 39.4 Å². The number of carbonyl (C=O) groups is 1. The molecule has 0 amide bonds. The highest BCUT2D eigenvalue weighted by Crippen LogP contribution is 2.43. The van der Waals surface area contributed by atoms with Gasteiger partial charge in [0.15, 0.2) is 6.10 Å². The van der Waals surface area contributed by atoms with Gasteiger partial charge in [0.2, 0.25) is 0 Å². The van der Waals surface area contributed by atoms with Gasteiger partial charge in [0, 0.05) is 0 Å². The van der Waals surface area contributed by atoms with Crippen molar-refractivity contribution in [3.63, 3.8) is 0 Å². The number of ether oxygens (including phenoxy) is 2. The molecule has 1 fully saturated rings. The van der Waals surface area contributed by atoms with Gasteiger partial charge in [-0.2, -0.15) is 0 Å². The maximum Gasteiger partial charge on any atom is 0.338 e. The lowest BCUT2D eigenvalue weighted by Crippen LogP contribution is -2.24. The summed E-state index contributed by atoms with van der Waals surface area (Å²) in [6.07, 6.45) is -0.336. The van der Waals surface area contributed by atoms with Gasteiger partial charge in [-0.25, -0.2) is 4.79 Å². The van der Waals surface area contributed by atoms with E-state index in [1.807, 2.05) is 20.8 Å². The first-order valence-corrected chi connectivity index (χ1v) is 4.36. The van der Waals surface area contributed by atoms with Gasteiger partial charge in [-0.05, 0) is 19.8 Å². The molecule has 0 radical (unpaired) electrons. The van der Waals surface area contributed by atoms with E-state index in [9.17, 15) is 4.79 Å². The largest absolute Gasteiger partial charge is 0.464 e. The summed E-state index contributed by atoms with van der Waals surface area (Å²) in [4.78, 5) is 11.2. The maximum atomic E-state index is 11.2. The second-order valence-corrected chi connectivity index (χ2v) is 3.59. The lowest BCUT2D eigenvalue weighted by molar-refractivity contribution is -0.144. The molecule has 3 nitrogen and oxygen atoms in total. The van der Waals surface area contributed by atoms with Crippen LogP contribution in [0.5, 0.6) is 0 Å². The molecule has 0 bridgehead atoms. The molecule has 0 aromatic carbocycles. The quantitative estimate of drug-likeness (QED) is 0.476. The summed E-state index contributed by atoms with van der Waals surface area (Å²) in [5.41, 5.74) is -0.285. The summed E-state index contributed by atoms with van der Waals surface area (Å²) in [5.74, 6) is 0.126. The first-order valence-electron chi connectivity index (χ1n) is 4.36. The van der Waals surface area contributed by atoms with E-state index < -0.39 is 0 Å². The molecular formula is C9H16O3. The monoisotopic (exact) mass is 172 g/mol. The van der Waals surface area contributed by atoms with Crippen LogP contribution in [-0.4, -0.2) is 24.3 Å². The summed E-state index contributed by atoms with van der Waals surface area (Å²) in [6.45, 7) is 8.25. The molecule has 0 unspecified atom stereocenters. The Hall–Kier alpha value is -0.570.